The molecule has 3 rings (SSSR count). The van der Waals surface area contributed by atoms with Crippen molar-refractivity contribution < 1.29 is 4.79 Å². The minimum atomic E-state index is -0.532. The molecule has 22 heavy (non-hydrogen) atoms. The standard InChI is InChI=1S/C14H13N5O2S/c1-2-5-11-17-18-14(22-11)16-12(20)9-8-15-10-6-3-4-7-19(10)13(9)21/h3-4,6-8H,2,5H2,1H3,(H,16,18,20). The maximum Gasteiger partial charge on any atom is 0.270 e. The zero-order valence-corrected chi connectivity index (χ0v) is 12.6. The number of hydrogen-bond acceptors (Lipinski definition) is 6. The van der Waals surface area contributed by atoms with E-state index in [1.807, 2.05) is 6.92 Å². The van der Waals surface area contributed by atoms with E-state index in [1.54, 1.807) is 24.4 Å². The molecular weight excluding hydrogens is 302 g/mol. The molecule has 0 atom stereocenters. The minimum absolute atomic E-state index is 0.0315. The van der Waals surface area contributed by atoms with Crippen LogP contribution in [-0.2, 0) is 6.42 Å². The van der Waals surface area contributed by atoms with Crippen LogP contribution in [0, 0.1) is 0 Å². The molecule has 112 valence electrons. The number of fused-ring (bicyclic) bond motifs is 1. The lowest BCUT2D eigenvalue weighted by Crippen LogP contribution is -2.26. The molecule has 0 spiro atoms. The summed E-state index contributed by atoms with van der Waals surface area (Å²) in [6.45, 7) is 2.04. The lowest BCUT2D eigenvalue weighted by molar-refractivity contribution is 0.102. The Hall–Kier alpha value is -2.61. The fraction of sp³-hybridized carbons (Fsp3) is 0.214. The first-order valence-corrected chi connectivity index (χ1v) is 7.61. The summed E-state index contributed by atoms with van der Waals surface area (Å²) in [7, 11) is 0. The Balaban J connectivity index is 1.88. The largest absolute Gasteiger partial charge is 0.296 e. The van der Waals surface area contributed by atoms with Gasteiger partial charge in [0.1, 0.15) is 16.2 Å². The number of carbonyl (C=O) groups is 1. The molecule has 8 heteroatoms. The van der Waals surface area contributed by atoms with Gasteiger partial charge in [-0.25, -0.2) is 4.98 Å². The van der Waals surface area contributed by atoms with E-state index in [1.165, 1.54) is 21.9 Å². The highest BCUT2D eigenvalue weighted by Crippen LogP contribution is 2.16. The van der Waals surface area contributed by atoms with Gasteiger partial charge in [-0.05, 0) is 18.6 Å². The Morgan fingerprint density at radius 2 is 2.23 bits per heavy atom. The van der Waals surface area contributed by atoms with Crippen LogP contribution in [0.15, 0.2) is 35.4 Å². The van der Waals surface area contributed by atoms with Crippen molar-refractivity contribution in [1.82, 2.24) is 19.6 Å². The smallest absolute Gasteiger partial charge is 0.270 e. The number of amides is 1. The molecule has 1 amide bonds. The van der Waals surface area contributed by atoms with E-state index in [-0.39, 0.29) is 5.56 Å². The molecule has 0 aromatic carbocycles. The Morgan fingerprint density at radius 1 is 1.36 bits per heavy atom. The molecule has 1 N–H and O–H groups in total. The third kappa shape index (κ3) is 2.73. The van der Waals surface area contributed by atoms with E-state index in [2.05, 4.69) is 20.5 Å². The minimum Gasteiger partial charge on any atom is -0.296 e. The fourth-order valence-corrected chi connectivity index (χ4v) is 2.80. The number of hydrogen-bond donors (Lipinski definition) is 1. The SMILES string of the molecule is CCCc1nnc(NC(=O)c2cnc3ccccn3c2=O)s1. The van der Waals surface area contributed by atoms with Crippen LogP contribution in [0.25, 0.3) is 5.65 Å². The first-order valence-electron chi connectivity index (χ1n) is 6.79. The molecule has 3 heterocycles. The van der Waals surface area contributed by atoms with E-state index in [0.29, 0.717) is 10.8 Å². The van der Waals surface area contributed by atoms with Crippen molar-refractivity contribution in [3.63, 3.8) is 0 Å². The molecular formula is C14H13N5O2S. The highest BCUT2D eigenvalue weighted by atomic mass is 32.1. The molecule has 3 aromatic heterocycles. The lowest BCUT2D eigenvalue weighted by atomic mass is 10.3. The number of carbonyl (C=O) groups excluding carboxylic acids is 1. The molecule has 3 aromatic rings. The molecule has 0 aliphatic heterocycles. The van der Waals surface area contributed by atoms with Gasteiger partial charge in [0.25, 0.3) is 11.5 Å². The summed E-state index contributed by atoms with van der Waals surface area (Å²) in [4.78, 5) is 28.6. The number of aromatic nitrogens is 4. The number of nitrogens with zero attached hydrogens (tertiary/aromatic N) is 4. The van der Waals surface area contributed by atoms with E-state index < -0.39 is 11.5 Å². The number of aryl methyl sites for hydroxylation is 1. The van der Waals surface area contributed by atoms with Crippen LogP contribution >= 0.6 is 11.3 Å². The molecule has 0 saturated heterocycles. The average molecular weight is 315 g/mol. The number of anilines is 1. The number of rotatable bonds is 4. The first kappa shape index (κ1) is 14.3. The van der Waals surface area contributed by atoms with Gasteiger partial charge >= 0.3 is 0 Å². The Bertz CT molecular complexity index is 886. The van der Waals surface area contributed by atoms with Crippen LogP contribution in [0.5, 0.6) is 0 Å². The van der Waals surface area contributed by atoms with Crippen LogP contribution in [-0.4, -0.2) is 25.5 Å². The molecule has 0 aliphatic carbocycles. The summed E-state index contributed by atoms with van der Waals surface area (Å²) in [6.07, 6.45) is 4.62. The molecule has 0 saturated carbocycles. The highest BCUT2D eigenvalue weighted by Gasteiger charge is 2.15. The van der Waals surface area contributed by atoms with Gasteiger partial charge in [0, 0.05) is 18.8 Å². The molecule has 0 unspecified atom stereocenters. The molecule has 0 aliphatic rings. The zero-order valence-electron chi connectivity index (χ0n) is 11.8. The molecule has 7 nitrogen and oxygen atoms in total. The van der Waals surface area contributed by atoms with E-state index in [9.17, 15) is 9.59 Å². The predicted octanol–water partition coefficient (Wildman–Crippen LogP) is 1.75. The van der Waals surface area contributed by atoms with Crippen LogP contribution < -0.4 is 10.9 Å². The van der Waals surface area contributed by atoms with Gasteiger partial charge in [0.05, 0.1) is 0 Å². The zero-order chi connectivity index (χ0) is 15.5. The van der Waals surface area contributed by atoms with Crippen molar-refractivity contribution in [2.75, 3.05) is 5.32 Å². The second kappa shape index (κ2) is 6.02. The van der Waals surface area contributed by atoms with Crippen LogP contribution in [0.1, 0.15) is 28.7 Å². The van der Waals surface area contributed by atoms with Gasteiger partial charge in [-0.1, -0.05) is 24.3 Å². The second-order valence-corrected chi connectivity index (χ2v) is 5.67. The summed E-state index contributed by atoms with van der Waals surface area (Å²) in [6, 6.07) is 5.18. The van der Waals surface area contributed by atoms with E-state index in [0.717, 1.165) is 17.8 Å². The Labute approximate surface area is 129 Å². The van der Waals surface area contributed by atoms with E-state index in [4.69, 9.17) is 0 Å². The summed E-state index contributed by atoms with van der Waals surface area (Å²) in [5.74, 6) is -0.532. The van der Waals surface area contributed by atoms with Crippen molar-refractivity contribution in [2.24, 2.45) is 0 Å². The fourth-order valence-electron chi connectivity index (χ4n) is 1.97. The third-order valence-corrected chi connectivity index (χ3v) is 3.91. The second-order valence-electron chi connectivity index (χ2n) is 4.61. The first-order chi connectivity index (χ1) is 10.7. The topological polar surface area (TPSA) is 89.2 Å². The predicted molar refractivity (Wildman–Crippen MR) is 83.3 cm³/mol. The third-order valence-electron chi connectivity index (χ3n) is 3.01. The normalized spacial score (nSPS) is 10.8. The average Bonchev–Trinajstić information content (AvgIpc) is 2.95. The lowest BCUT2D eigenvalue weighted by Gasteiger charge is -2.03. The maximum atomic E-state index is 12.3. The molecule has 0 bridgehead atoms. The Kier molecular flexibility index (Phi) is 3.92. The van der Waals surface area contributed by atoms with Gasteiger partial charge < -0.3 is 0 Å². The Morgan fingerprint density at radius 3 is 3.05 bits per heavy atom. The quantitative estimate of drug-likeness (QED) is 0.792. The van der Waals surface area contributed by atoms with Crippen molar-refractivity contribution >= 4 is 28.0 Å². The van der Waals surface area contributed by atoms with Crippen molar-refractivity contribution in [3.05, 3.63) is 51.5 Å². The number of pyridine rings is 1. The van der Waals surface area contributed by atoms with Crippen molar-refractivity contribution in [3.8, 4) is 0 Å². The van der Waals surface area contributed by atoms with Crippen molar-refractivity contribution in [1.29, 1.82) is 0 Å². The van der Waals surface area contributed by atoms with Gasteiger partial charge in [-0.2, -0.15) is 0 Å². The monoisotopic (exact) mass is 315 g/mol. The van der Waals surface area contributed by atoms with Crippen molar-refractivity contribution in [2.45, 2.75) is 19.8 Å². The van der Waals surface area contributed by atoms with Crippen LogP contribution in [0.3, 0.4) is 0 Å². The highest BCUT2D eigenvalue weighted by molar-refractivity contribution is 7.15. The maximum absolute atomic E-state index is 12.3. The summed E-state index contributed by atoms with van der Waals surface area (Å²) < 4.78 is 1.33. The van der Waals surface area contributed by atoms with Crippen LogP contribution in [0.2, 0.25) is 0 Å². The van der Waals surface area contributed by atoms with E-state index >= 15 is 0 Å². The molecule has 0 radical (unpaired) electrons. The van der Waals surface area contributed by atoms with Crippen LogP contribution in [0.4, 0.5) is 5.13 Å². The summed E-state index contributed by atoms with van der Waals surface area (Å²) in [5, 5.41) is 11.7. The van der Waals surface area contributed by atoms with Gasteiger partial charge in [0.15, 0.2) is 0 Å². The molecule has 0 fully saturated rings. The summed E-state index contributed by atoms with van der Waals surface area (Å²) >= 11 is 1.31. The van der Waals surface area contributed by atoms with Gasteiger partial charge in [-0.15, -0.1) is 10.2 Å². The van der Waals surface area contributed by atoms with Gasteiger partial charge in [0.2, 0.25) is 5.13 Å². The van der Waals surface area contributed by atoms with Gasteiger partial charge in [-0.3, -0.25) is 19.3 Å². The number of nitrogens with one attached hydrogen (secondary N) is 1. The summed E-state index contributed by atoms with van der Waals surface area (Å²) in [5.41, 5.74) is 0.0440.